The molecule has 1 N–H and O–H groups in total. The number of piperidine rings is 1. The van der Waals surface area contributed by atoms with Crippen molar-refractivity contribution in [2.75, 3.05) is 25.0 Å². The van der Waals surface area contributed by atoms with Crippen LogP contribution in [0.2, 0.25) is 0 Å². The largest absolute Gasteiger partial charge is 0.391 e. The number of likely N-dealkylation sites (tertiary alicyclic amines) is 1. The van der Waals surface area contributed by atoms with Gasteiger partial charge >= 0.3 is 6.18 Å². The molecule has 1 unspecified atom stereocenters. The van der Waals surface area contributed by atoms with Crippen molar-refractivity contribution in [1.82, 2.24) is 4.90 Å². The van der Waals surface area contributed by atoms with Gasteiger partial charge in [0.25, 0.3) is 0 Å². The highest BCUT2D eigenvalue weighted by Crippen LogP contribution is 2.34. The normalized spacial score (nSPS) is 17.2. The van der Waals surface area contributed by atoms with Gasteiger partial charge in [-0.15, -0.1) is 0 Å². The maximum absolute atomic E-state index is 14.0. The molecule has 1 atom stereocenters. The number of nitrogens with zero attached hydrogens (tertiary/aromatic N) is 1. The molecule has 1 aliphatic heterocycles. The van der Waals surface area contributed by atoms with Gasteiger partial charge in [-0.2, -0.15) is 13.2 Å². The Hall–Kier alpha value is -1.63. The summed E-state index contributed by atoms with van der Waals surface area (Å²) in [5.41, 5.74) is 1.33. The fraction of sp³-hybridized carbons (Fsp3) is 0.708. The summed E-state index contributed by atoms with van der Waals surface area (Å²) < 4.78 is 52.3. The van der Waals surface area contributed by atoms with E-state index in [9.17, 15) is 22.4 Å². The molecule has 0 spiro atoms. The third-order valence-corrected chi connectivity index (χ3v) is 6.00. The molecule has 1 aliphatic rings. The highest BCUT2D eigenvalue weighted by atomic mass is 19.4. The van der Waals surface area contributed by atoms with Crippen molar-refractivity contribution in [1.29, 1.82) is 0 Å². The summed E-state index contributed by atoms with van der Waals surface area (Å²) in [6, 6.07) is 4.67. The average Bonchev–Trinajstić information content (AvgIpc) is 2.65. The van der Waals surface area contributed by atoms with Crippen molar-refractivity contribution >= 4 is 11.6 Å². The second kappa shape index (κ2) is 11.8. The minimum Gasteiger partial charge on any atom is -0.326 e. The quantitative estimate of drug-likeness (QED) is 0.422. The van der Waals surface area contributed by atoms with Crippen molar-refractivity contribution in [2.24, 2.45) is 17.8 Å². The fourth-order valence-corrected chi connectivity index (χ4v) is 4.14. The molecule has 0 bridgehead atoms. The topological polar surface area (TPSA) is 32.3 Å². The summed E-state index contributed by atoms with van der Waals surface area (Å²) >= 11 is 0. The maximum Gasteiger partial charge on any atom is 0.391 e. The number of carbonyl (C=O) groups excluding carboxylic acids is 1. The summed E-state index contributed by atoms with van der Waals surface area (Å²) in [5.74, 6) is -0.871. The molecule has 1 aromatic rings. The summed E-state index contributed by atoms with van der Waals surface area (Å²) in [4.78, 5) is 14.1. The Bertz CT molecular complexity index is 697. The number of benzene rings is 1. The molecule has 2 rings (SSSR count). The van der Waals surface area contributed by atoms with Crippen LogP contribution in [0, 0.1) is 23.6 Å². The monoisotopic (exact) mass is 444 g/mol. The Morgan fingerprint density at radius 3 is 2.42 bits per heavy atom. The van der Waals surface area contributed by atoms with E-state index in [1.165, 1.54) is 12.1 Å². The van der Waals surface area contributed by atoms with Crippen LogP contribution in [0.5, 0.6) is 0 Å². The van der Waals surface area contributed by atoms with Crippen molar-refractivity contribution in [2.45, 2.75) is 71.9 Å². The van der Waals surface area contributed by atoms with E-state index in [2.05, 4.69) is 31.0 Å². The van der Waals surface area contributed by atoms with E-state index in [-0.39, 0.29) is 24.6 Å². The molecule has 1 aromatic carbocycles. The summed E-state index contributed by atoms with van der Waals surface area (Å²) in [5, 5.41) is 2.79. The molecule has 7 heteroatoms. The van der Waals surface area contributed by atoms with Crippen LogP contribution in [0.25, 0.3) is 0 Å². The van der Waals surface area contributed by atoms with E-state index in [4.69, 9.17) is 0 Å². The van der Waals surface area contributed by atoms with Crippen LogP contribution in [0.4, 0.5) is 23.2 Å². The van der Waals surface area contributed by atoms with E-state index in [1.807, 2.05) is 6.07 Å². The first kappa shape index (κ1) is 25.6. The number of carbonyl (C=O) groups is 1. The van der Waals surface area contributed by atoms with Gasteiger partial charge in [-0.1, -0.05) is 20.8 Å². The minimum atomic E-state index is -4.07. The molecule has 1 amide bonds. The zero-order valence-corrected chi connectivity index (χ0v) is 18.9. The van der Waals surface area contributed by atoms with Gasteiger partial charge < -0.3 is 10.2 Å². The van der Waals surface area contributed by atoms with E-state index in [1.54, 1.807) is 0 Å². The van der Waals surface area contributed by atoms with Crippen LogP contribution in [0.15, 0.2) is 18.2 Å². The second-order valence-corrected chi connectivity index (χ2v) is 9.44. The van der Waals surface area contributed by atoms with Gasteiger partial charge in [0, 0.05) is 12.1 Å². The zero-order chi connectivity index (χ0) is 23.0. The van der Waals surface area contributed by atoms with Crippen LogP contribution in [-0.2, 0) is 11.2 Å². The van der Waals surface area contributed by atoms with E-state index >= 15 is 0 Å². The number of anilines is 1. The van der Waals surface area contributed by atoms with Crippen molar-refractivity contribution in [3.63, 3.8) is 0 Å². The number of rotatable bonds is 10. The minimum absolute atomic E-state index is 0.104. The number of halogens is 4. The number of hydrogen-bond acceptors (Lipinski definition) is 2. The summed E-state index contributed by atoms with van der Waals surface area (Å²) in [6.07, 6.45) is 0.0416. The van der Waals surface area contributed by atoms with Crippen molar-refractivity contribution in [3.05, 3.63) is 29.6 Å². The van der Waals surface area contributed by atoms with Gasteiger partial charge in [0.15, 0.2) is 0 Å². The third-order valence-electron chi connectivity index (χ3n) is 6.00. The molecule has 31 heavy (non-hydrogen) atoms. The zero-order valence-electron chi connectivity index (χ0n) is 18.9. The Morgan fingerprint density at radius 1 is 1.13 bits per heavy atom. The van der Waals surface area contributed by atoms with Gasteiger partial charge in [-0.25, -0.2) is 4.39 Å². The lowest BCUT2D eigenvalue weighted by Gasteiger charge is -2.33. The number of hydrogen-bond donors (Lipinski definition) is 1. The van der Waals surface area contributed by atoms with Gasteiger partial charge in [-0.05, 0) is 93.8 Å². The van der Waals surface area contributed by atoms with Crippen LogP contribution >= 0.6 is 0 Å². The van der Waals surface area contributed by atoms with Crippen molar-refractivity contribution < 1.29 is 22.4 Å². The molecule has 1 fully saturated rings. The molecule has 176 valence electrons. The lowest BCUT2D eigenvalue weighted by Crippen LogP contribution is -2.39. The van der Waals surface area contributed by atoms with Gasteiger partial charge in [0.05, 0.1) is 5.92 Å². The molecule has 0 aliphatic carbocycles. The molecule has 1 saturated heterocycles. The highest BCUT2D eigenvalue weighted by molar-refractivity contribution is 5.90. The Labute approximate surface area is 183 Å². The van der Waals surface area contributed by atoms with Crippen LogP contribution in [0.3, 0.4) is 0 Å². The molecular weight excluding hydrogens is 408 g/mol. The first-order chi connectivity index (χ1) is 14.5. The molecule has 3 nitrogen and oxygen atoms in total. The Kier molecular flexibility index (Phi) is 9.79. The predicted molar refractivity (Wildman–Crippen MR) is 116 cm³/mol. The van der Waals surface area contributed by atoms with Crippen LogP contribution in [0.1, 0.15) is 64.9 Å². The molecule has 0 saturated carbocycles. The van der Waals surface area contributed by atoms with Crippen LogP contribution < -0.4 is 5.32 Å². The third kappa shape index (κ3) is 9.58. The smallest absolute Gasteiger partial charge is 0.326 e. The lowest BCUT2D eigenvalue weighted by molar-refractivity contribution is -0.185. The van der Waals surface area contributed by atoms with E-state index in [0.29, 0.717) is 43.5 Å². The maximum atomic E-state index is 14.0. The molecule has 0 radical (unpaired) electrons. The molecule has 0 aromatic heterocycles. The number of nitrogens with one attached hydrogen (secondary N) is 1. The van der Waals surface area contributed by atoms with Gasteiger partial charge in [0.2, 0.25) is 5.91 Å². The first-order valence-corrected chi connectivity index (χ1v) is 11.4. The predicted octanol–water partition coefficient (Wildman–Crippen LogP) is 6.43. The second-order valence-electron chi connectivity index (χ2n) is 9.44. The van der Waals surface area contributed by atoms with Crippen molar-refractivity contribution in [3.8, 4) is 0 Å². The van der Waals surface area contributed by atoms with Gasteiger partial charge in [-0.3, -0.25) is 4.79 Å². The first-order valence-electron chi connectivity index (χ1n) is 11.4. The van der Waals surface area contributed by atoms with Crippen LogP contribution in [-0.4, -0.2) is 36.6 Å². The Morgan fingerprint density at radius 2 is 1.81 bits per heavy atom. The fourth-order valence-electron chi connectivity index (χ4n) is 4.14. The highest BCUT2D eigenvalue weighted by Gasteiger charge is 2.40. The van der Waals surface area contributed by atoms with E-state index in [0.717, 1.165) is 31.4 Å². The number of amides is 1. The van der Waals surface area contributed by atoms with E-state index < -0.39 is 12.1 Å². The lowest BCUT2D eigenvalue weighted by atomic mass is 9.94. The van der Waals surface area contributed by atoms with Gasteiger partial charge in [0.1, 0.15) is 5.82 Å². The average molecular weight is 445 g/mol. The molecular formula is C24H36F4N2O. The Balaban J connectivity index is 1.75. The molecule has 1 heterocycles. The summed E-state index contributed by atoms with van der Waals surface area (Å²) in [6.45, 7) is 8.01. The SMILES string of the molecule is CC(C)CCC(=O)Nc1cc(F)cc(CC(C)CCCN2CCC(C(F)(F)F)CC2)c1. The standard InChI is InChI=1S/C24H36F4N2O/c1-17(2)6-7-23(31)29-22-15-19(14-21(25)16-22)13-18(3)5-4-10-30-11-8-20(9-12-30)24(26,27)28/h14-18,20H,4-13H2,1-3H3,(H,29,31). The number of alkyl halides is 3. The summed E-state index contributed by atoms with van der Waals surface area (Å²) in [7, 11) is 0.